The highest BCUT2D eigenvalue weighted by atomic mass is 79.9. The largest absolute Gasteiger partial charge is 0.481 e. The molecule has 1 amide bonds. The standard InChI is InChI=1S/C16H25BrN2O2/c1-4-5-6-9-19-16(20)12(3)21-15-10-13(17)7-8-14(15)11(2)18/h7-8,10-12H,4-6,9,18H2,1-3H3,(H,19,20)/t11-,12?/m0/s1. The SMILES string of the molecule is CCCCCNC(=O)C(C)Oc1cc(Br)ccc1[C@H](C)N. The van der Waals surface area contributed by atoms with Crippen molar-refractivity contribution in [2.75, 3.05) is 6.54 Å². The van der Waals surface area contributed by atoms with Crippen LogP contribution < -0.4 is 15.8 Å². The monoisotopic (exact) mass is 356 g/mol. The van der Waals surface area contributed by atoms with Crippen LogP contribution in [0.3, 0.4) is 0 Å². The molecule has 0 aromatic heterocycles. The van der Waals surface area contributed by atoms with Gasteiger partial charge in [0.1, 0.15) is 5.75 Å². The van der Waals surface area contributed by atoms with Crippen LogP contribution in [0.4, 0.5) is 0 Å². The molecule has 2 atom stereocenters. The summed E-state index contributed by atoms with van der Waals surface area (Å²) in [6.07, 6.45) is 2.71. The van der Waals surface area contributed by atoms with E-state index in [1.54, 1.807) is 6.92 Å². The van der Waals surface area contributed by atoms with Crippen LogP contribution in [-0.2, 0) is 4.79 Å². The van der Waals surface area contributed by atoms with Crippen molar-refractivity contribution < 1.29 is 9.53 Å². The second-order valence-electron chi connectivity index (χ2n) is 5.23. The molecule has 0 fully saturated rings. The lowest BCUT2D eigenvalue weighted by Crippen LogP contribution is -2.37. The fourth-order valence-corrected chi connectivity index (χ4v) is 2.30. The highest BCUT2D eigenvalue weighted by molar-refractivity contribution is 9.10. The van der Waals surface area contributed by atoms with Gasteiger partial charge in [0.2, 0.25) is 0 Å². The number of unbranched alkanes of at least 4 members (excludes halogenated alkanes) is 2. The molecule has 0 radical (unpaired) electrons. The van der Waals surface area contributed by atoms with Crippen molar-refractivity contribution in [2.45, 2.75) is 52.2 Å². The van der Waals surface area contributed by atoms with Crippen LogP contribution in [0.1, 0.15) is 51.6 Å². The highest BCUT2D eigenvalue weighted by Crippen LogP contribution is 2.28. The van der Waals surface area contributed by atoms with Gasteiger partial charge < -0.3 is 15.8 Å². The second kappa shape index (κ2) is 9.05. The molecule has 0 bridgehead atoms. The topological polar surface area (TPSA) is 64.3 Å². The highest BCUT2D eigenvalue weighted by Gasteiger charge is 2.17. The van der Waals surface area contributed by atoms with E-state index in [4.69, 9.17) is 10.5 Å². The molecule has 5 heteroatoms. The molecule has 4 nitrogen and oxygen atoms in total. The Bertz CT molecular complexity index is 464. The first-order valence-electron chi connectivity index (χ1n) is 7.45. The molecule has 1 unspecified atom stereocenters. The predicted molar refractivity (Wildman–Crippen MR) is 89.4 cm³/mol. The molecule has 0 aliphatic rings. The van der Waals surface area contributed by atoms with E-state index in [1.165, 1.54) is 0 Å². The zero-order chi connectivity index (χ0) is 15.8. The smallest absolute Gasteiger partial charge is 0.260 e. The molecule has 0 aliphatic carbocycles. The van der Waals surface area contributed by atoms with Crippen molar-refractivity contribution >= 4 is 21.8 Å². The van der Waals surface area contributed by atoms with E-state index in [-0.39, 0.29) is 11.9 Å². The molecule has 1 aromatic carbocycles. The second-order valence-corrected chi connectivity index (χ2v) is 6.14. The predicted octanol–water partition coefficient (Wildman–Crippen LogP) is 3.54. The first-order chi connectivity index (χ1) is 9.95. The molecule has 0 saturated carbocycles. The number of rotatable bonds is 8. The maximum absolute atomic E-state index is 12.0. The maximum Gasteiger partial charge on any atom is 0.260 e. The van der Waals surface area contributed by atoms with E-state index in [0.29, 0.717) is 12.3 Å². The van der Waals surface area contributed by atoms with Crippen LogP contribution in [0.5, 0.6) is 5.75 Å². The fourth-order valence-electron chi connectivity index (χ4n) is 1.96. The van der Waals surface area contributed by atoms with Crippen LogP contribution in [0, 0.1) is 0 Å². The van der Waals surface area contributed by atoms with Gasteiger partial charge in [0, 0.05) is 22.6 Å². The summed E-state index contributed by atoms with van der Waals surface area (Å²) in [5.41, 5.74) is 6.83. The van der Waals surface area contributed by atoms with Gasteiger partial charge in [-0.1, -0.05) is 41.8 Å². The number of halogens is 1. The van der Waals surface area contributed by atoms with Gasteiger partial charge in [-0.3, -0.25) is 4.79 Å². The van der Waals surface area contributed by atoms with Gasteiger partial charge in [0.05, 0.1) is 0 Å². The van der Waals surface area contributed by atoms with Crippen LogP contribution >= 0.6 is 15.9 Å². The molecule has 0 spiro atoms. The number of nitrogens with one attached hydrogen (secondary N) is 1. The summed E-state index contributed by atoms with van der Waals surface area (Å²) >= 11 is 3.41. The molecule has 0 aliphatic heterocycles. The third-order valence-corrected chi connectivity index (χ3v) is 3.71. The first kappa shape index (κ1) is 18.0. The number of carbonyl (C=O) groups excluding carboxylic acids is 1. The van der Waals surface area contributed by atoms with Crippen LogP contribution in [0.2, 0.25) is 0 Å². The summed E-state index contributed by atoms with van der Waals surface area (Å²) in [6, 6.07) is 5.53. The summed E-state index contributed by atoms with van der Waals surface area (Å²) in [5, 5.41) is 2.89. The van der Waals surface area contributed by atoms with Crippen molar-refractivity contribution in [3.8, 4) is 5.75 Å². The van der Waals surface area contributed by atoms with E-state index in [0.717, 1.165) is 29.3 Å². The third kappa shape index (κ3) is 6.06. The minimum absolute atomic E-state index is 0.0956. The van der Waals surface area contributed by atoms with E-state index < -0.39 is 6.10 Å². The van der Waals surface area contributed by atoms with Gasteiger partial charge in [-0.2, -0.15) is 0 Å². The zero-order valence-corrected chi connectivity index (χ0v) is 14.6. The third-order valence-electron chi connectivity index (χ3n) is 3.22. The van der Waals surface area contributed by atoms with Crippen LogP contribution in [0.25, 0.3) is 0 Å². The maximum atomic E-state index is 12.0. The normalized spacial score (nSPS) is 13.6. The molecule has 3 N–H and O–H groups in total. The Hall–Kier alpha value is -1.07. The molecule has 21 heavy (non-hydrogen) atoms. The number of carbonyl (C=O) groups is 1. The average Bonchev–Trinajstić information content (AvgIpc) is 2.43. The lowest BCUT2D eigenvalue weighted by Gasteiger charge is -2.19. The van der Waals surface area contributed by atoms with Crippen LogP contribution in [0.15, 0.2) is 22.7 Å². The van der Waals surface area contributed by atoms with Gasteiger partial charge in [0.25, 0.3) is 5.91 Å². The van der Waals surface area contributed by atoms with Crippen molar-refractivity contribution in [3.05, 3.63) is 28.2 Å². The Balaban J connectivity index is 2.63. The molecule has 1 rings (SSSR count). The molecule has 1 aromatic rings. The minimum Gasteiger partial charge on any atom is -0.481 e. The Morgan fingerprint density at radius 3 is 2.71 bits per heavy atom. The lowest BCUT2D eigenvalue weighted by molar-refractivity contribution is -0.127. The Morgan fingerprint density at radius 1 is 1.38 bits per heavy atom. The summed E-state index contributed by atoms with van der Waals surface area (Å²) in [4.78, 5) is 12.0. The van der Waals surface area contributed by atoms with E-state index in [2.05, 4.69) is 28.2 Å². The van der Waals surface area contributed by atoms with E-state index in [1.807, 2.05) is 25.1 Å². The van der Waals surface area contributed by atoms with E-state index in [9.17, 15) is 4.79 Å². The van der Waals surface area contributed by atoms with Crippen LogP contribution in [-0.4, -0.2) is 18.6 Å². The summed E-state index contributed by atoms with van der Waals surface area (Å²) < 4.78 is 6.68. The number of hydrogen-bond acceptors (Lipinski definition) is 3. The van der Waals surface area contributed by atoms with Crippen molar-refractivity contribution in [1.29, 1.82) is 0 Å². The number of benzene rings is 1. The van der Waals surface area contributed by atoms with Gasteiger partial charge in [-0.15, -0.1) is 0 Å². The van der Waals surface area contributed by atoms with E-state index >= 15 is 0 Å². The number of nitrogens with two attached hydrogens (primary N) is 1. The Labute approximate surface area is 135 Å². The quantitative estimate of drug-likeness (QED) is 0.700. The molecule has 0 saturated heterocycles. The molecular formula is C16H25BrN2O2. The van der Waals surface area contributed by atoms with Crippen molar-refractivity contribution in [3.63, 3.8) is 0 Å². The Kier molecular flexibility index (Phi) is 7.75. The fraction of sp³-hybridized carbons (Fsp3) is 0.562. The van der Waals surface area contributed by atoms with Crippen molar-refractivity contribution in [2.24, 2.45) is 5.73 Å². The lowest BCUT2D eigenvalue weighted by atomic mass is 10.1. The molecular weight excluding hydrogens is 332 g/mol. The van der Waals surface area contributed by atoms with Crippen molar-refractivity contribution in [1.82, 2.24) is 5.32 Å². The van der Waals surface area contributed by atoms with Gasteiger partial charge in [-0.25, -0.2) is 0 Å². The minimum atomic E-state index is -0.543. The summed E-state index contributed by atoms with van der Waals surface area (Å²) in [5.74, 6) is 0.553. The first-order valence-corrected chi connectivity index (χ1v) is 8.24. The van der Waals surface area contributed by atoms with Gasteiger partial charge >= 0.3 is 0 Å². The number of ether oxygens (including phenoxy) is 1. The Morgan fingerprint density at radius 2 is 2.10 bits per heavy atom. The molecule has 118 valence electrons. The summed E-state index contributed by atoms with van der Waals surface area (Å²) in [6.45, 7) is 6.47. The summed E-state index contributed by atoms with van der Waals surface area (Å²) in [7, 11) is 0. The average molecular weight is 357 g/mol. The number of amides is 1. The zero-order valence-electron chi connectivity index (χ0n) is 13.0. The number of hydrogen-bond donors (Lipinski definition) is 2. The van der Waals surface area contributed by atoms with Gasteiger partial charge in [-0.05, 0) is 32.4 Å². The van der Waals surface area contributed by atoms with Gasteiger partial charge in [0.15, 0.2) is 6.10 Å². The molecule has 0 heterocycles.